The number of carbonyl (C=O) groups is 1. The van der Waals surface area contributed by atoms with Crippen molar-refractivity contribution >= 4 is 28.5 Å². The molecule has 2 aromatic rings. The summed E-state index contributed by atoms with van der Waals surface area (Å²) < 4.78 is 5.38. The van der Waals surface area contributed by atoms with Gasteiger partial charge in [0.05, 0.1) is 16.7 Å². The minimum atomic E-state index is -0.599. The van der Waals surface area contributed by atoms with Crippen LogP contribution in [0.5, 0.6) is 0 Å². The number of furan rings is 1. The summed E-state index contributed by atoms with van der Waals surface area (Å²) >= 11 is 6.55. The first-order valence-electron chi connectivity index (χ1n) is 7.00. The summed E-state index contributed by atoms with van der Waals surface area (Å²) in [4.78, 5) is 11.8. The zero-order valence-corrected chi connectivity index (χ0v) is 12.3. The zero-order chi connectivity index (χ0) is 14.9. The van der Waals surface area contributed by atoms with Crippen molar-refractivity contribution < 1.29 is 9.21 Å². The van der Waals surface area contributed by atoms with Crippen LogP contribution in [0.15, 0.2) is 34.9 Å². The molecule has 5 nitrogen and oxygen atoms in total. The summed E-state index contributed by atoms with van der Waals surface area (Å²) in [5, 5.41) is 6.98. The molecule has 1 aromatic heterocycles. The number of alkyl halides is 1. The van der Waals surface area contributed by atoms with Gasteiger partial charge in [0.25, 0.3) is 5.91 Å². The quantitative estimate of drug-likeness (QED) is 0.750. The molecule has 1 fully saturated rings. The van der Waals surface area contributed by atoms with Crippen molar-refractivity contribution in [2.75, 3.05) is 19.6 Å². The van der Waals surface area contributed by atoms with Crippen molar-refractivity contribution in [2.45, 2.75) is 17.3 Å². The molecule has 2 unspecified atom stereocenters. The first-order valence-corrected chi connectivity index (χ1v) is 7.37. The summed E-state index contributed by atoms with van der Waals surface area (Å²) in [6.07, 6.45) is 2.30. The molecule has 1 aliphatic rings. The number of para-hydroxylation sites is 1. The minimum absolute atomic E-state index is 0.187. The molecule has 1 aromatic carbocycles. The second kappa shape index (κ2) is 5.67. The average Bonchev–Trinajstić information content (AvgIpc) is 2.96. The lowest BCUT2D eigenvalue weighted by atomic mass is 9.92. The van der Waals surface area contributed by atoms with Gasteiger partial charge in [-0.1, -0.05) is 12.1 Å². The molecular weight excluding hydrogens is 290 g/mol. The van der Waals surface area contributed by atoms with Crippen LogP contribution in [0.2, 0.25) is 0 Å². The standard InChI is InChI=1S/C15H18ClN3O2/c16-15(5-6-18-8-12(15)17)9-19-14(20)11-3-1-2-10-4-7-21-13(10)11/h1-4,7,12,18H,5-6,8-9,17H2,(H,19,20). The predicted molar refractivity (Wildman–Crippen MR) is 82.6 cm³/mol. The van der Waals surface area contributed by atoms with Gasteiger partial charge in [-0.3, -0.25) is 4.79 Å². The fraction of sp³-hybridized carbons (Fsp3) is 0.400. The molecule has 21 heavy (non-hydrogen) atoms. The van der Waals surface area contributed by atoms with Gasteiger partial charge in [-0.25, -0.2) is 0 Å². The molecule has 0 aliphatic carbocycles. The summed E-state index contributed by atoms with van der Waals surface area (Å²) in [5.74, 6) is -0.193. The number of fused-ring (bicyclic) bond motifs is 1. The van der Waals surface area contributed by atoms with E-state index in [0.717, 1.165) is 18.4 Å². The Morgan fingerprint density at radius 2 is 2.38 bits per heavy atom. The SMILES string of the molecule is NC1CNCCC1(Cl)CNC(=O)c1cccc2ccoc12. The molecule has 1 amide bonds. The van der Waals surface area contributed by atoms with Gasteiger partial charge in [-0.05, 0) is 25.1 Å². The highest BCUT2D eigenvalue weighted by Gasteiger charge is 2.37. The summed E-state index contributed by atoms with van der Waals surface area (Å²) in [7, 11) is 0. The number of hydrogen-bond donors (Lipinski definition) is 3. The van der Waals surface area contributed by atoms with E-state index in [-0.39, 0.29) is 11.9 Å². The van der Waals surface area contributed by atoms with Crippen molar-refractivity contribution in [2.24, 2.45) is 5.73 Å². The molecule has 1 saturated heterocycles. The second-order valence-corrected chi connectivity index (χ2v) is 6.18. The van der Waals surface area contributed by atoms with Crippen molar-refractivity contribution in [1.82, 2.24) is 10.6 Å². The molecule has 0 spiro atoms. The molecule has 6 heteroatoms. The van der Waals surface area contributed by atoms with Gasteiger partial charge >= 0.3 is 0 Å². The highest BCUT2D eigenvalue weighted by Crippen LogP contribution is 2.25. The molecule has 112 valence electrons. The number of halogens is 1. The van der Waals surface area contributed by atoms with Gasteiger partial charge < -0.3 is 20.8 Å². The normalized spacial score (nSPS) is 25.9. The lowest BCUT2D eigenvalue weighted by Gasteiger charge is -2.37. The van der Waals surface area contributed by atoms with Gasteiger partial charge in [0.2, 0.25) is 0 Å². The minimum Gasteiger partial charge on any atom is -0.464 e. The van der Waals surface area contributed by atoms with Gasteiger partial charge in [-0.2, -0.15) is 0 Å². The highest BCUT2D eigenvalue weighted by atomic mass is 35.5. The fourth-order valence-corrected chi connectivity index (χ4v) is 2.87. The van der Waals surface area contributed by atoms with Crippen LogP contribution in [0.4, 0.5) is 0 Å². The van der Waals surface area contributed by atoms with Crippen LogP contribution in [0.1, 0.15) is 16.8 Å². The van der Waals surface area contributed by atoms with Crippen molar-refractivity contribution in [1.29, 1.82) is 0 Å². The monoisotopic (exact) mass is 307 g/mol. The number of hydrogen-bond acceptors (Lipinski definition) is 4. The lowest BCUT2D eigenvalue weighted by Crippen LogP contribution is -2.59. The maximum absolute atomic E-state index is 12.4. The Bertz CT molecular complexity index is 657. The first kappa shape index (κ1) is 14.4. The summed E-state index contributed by atoms with van der Waals surface area (Å²) in [6.45, 7) is 1.81. The van der Waals surface area contributed by atoms with Crippen molar-refractivity contribution in [3.63, 3.8) is 0 Å². The Labute approximate surface area is 127 Å². The Kier molecular flexibility index (Phi) is 3.89. The van der Waals surface area contributed by atoms with E-state index in [9.17, 15) is 4.79 Å². The van der Waals surface area contributed by atoms with Crippen LogP contribution in [0.3, 0.4) is 0 Å². The third kappa shape index (κ3) is 2.77. The molecule has 4 N–H and O–H groups in total. The number of piperidine rings is 1. The van der Waals surface area contributed by atoms with E-state index in [1.165, 1.54) is 0 Å². The van der Waals surface area contributed by atoms with Crippen LogP contribution in [0.25, 0.3) is 11.0 Å². The number of nitrogens with two attached hydrogens (primary N) is 1. The Balaban J connectivity index is 1.73. The van der Waals surface area contributed by atoms with E-state index in [2.05, 4.69) is 10.6 Å². The number of rotatable bonds is 3. The molecular formula is C15H18ClN3O2. The van der Waals surface area contributed by atoms with Gasteiger partial charge in [0.1, 0.15) is 5.58 Å². The van der Waals surface area contributed by atoms with Crippen LogP contribution < -0.4 is 16.4 Å². The van der Waals surface area contributed by atoms with Crippen LogP contribution >= 0.6 is 11.6 Å². The maximum Gasteiger partial charge on any atom is 0.255 e. The highest BCUT2D eigenvalue weighted by molar-refractivity contribution is 6.25. The number of benzene rings is 1. The number of amides is 1. The second-order valence-electron chi connectivity index (χ2n) is 5.42. The first-order chi connectivity index (χ1) is 10.1. The van der Waals surface area contributed by atoms with Crippen molar-refractivity contribution in [3.05, 3.63) is 36.1 Å². The van der Waals surface area contributed by atoms with E-state index in [0.29, 0.717) is 24.2 Å². The molecule has 0 radical (unpaired) electrons. The number of carbonyl (C=O) groups excluding carboxylic acids is 1. The molecule has 1 aliphatic heterocycles. The Hall–Kier alpha value is -1.56. The summed E-state index contributed by atoms with van der Waals surface area (Å²) in [5.41, 5.74) is 7.15. The zero-order valence-electron chi connectivity index (χ0n) is 11.6. The summed E-state index contributed by atoms with van der Waals surface area (Å²) in [6, 6.07) is 7.12. The smallest absolute Gasteiger partial charge is 0.255 e. The van der Waals surface area contributed by atoms with E-state index in [1.54, 1.807) is 12.3 Å². The van der Waals surface area contributed by atoms with E-state index in [4.69, 9.17) is 21.8 Å². The third-order valence-electron chi connectivity index (χ3n) is 4.01. The van der Waals surface area contributed by atoms with Crippen LogP contribution in [-0.2, 0) is 0 Å². The Morgan fingerprint density at radius 3 is 3.19 bits per heavy atom. The molecule has 0 bridgehead atoms. The average molecular weight is 308 g/mol. The largest absolute Gasteiger partial charge is 0.464 e. The molecule has 3 rings (SSSR count). The van der Waals surface area contributed by atoms with E-state index >= 15 is 0 Å². The molecule has 2 atom stereocenters. The lowest BCUT2D eigenvalue weighted by molar-refractivity contribution is 0.0946. The van der Waals surface area contributed by atoms with E-state index in [1.807, 2.05) is 18.2 Å². The predicted octanol–water partition coefficient (Wildman–Crippen LogP) is 1.46. The third-order valence-corrected chi connectivity index (χ3v) is 4.62. The van der Waals surface area contributed by atoms with Crippen LogP contribution in [0, 0.1) is 0 Å². The molecule has 0 saturated carbocycles. The van der Waals surface area contributed by atoms with Crippen molar-refractivity contribution in [3.8, 4) is 0 Å². The number of nitrogens with one attached hydrogen (secondary N) is 2. The van der Waals surface area contributed by atoms with Gasteiger partial charge in [-0.15, -0.1) is 11.6 Å². The van der Waals surface area contributed by atoms with Gasteiger partial charge in [0, 0.05) is 24.5 Å². The van der Waals surface area contributed by atoms with E-state index < -0.39 is 4.87 Å². The fourth-order valence-electron chi connectivity index (χ4n) is 2.64. The maximum atomic E-state index is 12.4. The van der Waals surface area contributed by atoms with Gasteiger partial charge in [0.15, 0.2) is 0 Å². The molecule has 2 heterocycles. The van der Waals surface area contributed by atoms with Crippen LogP contribution in [-0.4, -0.2) is 36.5 Å². The topological polar surface area (TPSA) is 80.3 Å². The Morgan fingerprint density at radius 1 is 1.52 bits per heavy atom.